The van der Waals surface area contributed by atoms with E-state index in [1.807, 2.05) is 19.9 Å². The Morgan fingerprint density at radius 1 is 1.32 bits per heavy atom. The van der Waals surface area contributed by atoms with Crippen molar-refractivity contribution < 1.29 is 19.7 Å². The summed E-state index contributed by atoms with van der Waals surface area (Å²) < 4.78 is 10.5. The van der Waals surface area contributed by atoms with Crippen molar-refractivity contribution in [1.82, 2.24) is 5.32 Å². The van der Waals surface area contributed by atoms with Crippen LogP contribution in [0.3, 0.4) is 0 Å². The first-order valence-electron chi connectivity index (χ1n) is 6.41. The predicted octanol–water partition coefficient (Wildman–Crippen LogP) is 1.06. The van der Waals surface area contributed by atoms with Crippen LogP contribution in [0.1, 0.15) is 25.5 Å². The lowest BCUT2D eigenvalue weighted by atomic mass is 9.95. The van der Waals surface area contributed by atoms with Crippen molar-refractivity contribution in [2.24, 2.45) is 5.41 Å². The fourth-order valence-electron chi connectivity index (χ4n) is 1.84. The molecule has 1 unspecified atom stereocenters. The molecule has 1 heterocycles. The number of fused-ring (bicyclic) bond motifs is 1. The molecule has 0 bridgehead atoms. The third kappa shape index (κ3) is 3.59. The molecule has 1 aliphatic rings. The molecule has 5 nitrogen and oxygen atoms in total. The van der Waals surface area contributed by atoms with Crippen molar-refractivity contribution in [2.45, 2.75) is 20.0 Å². The van der Waals surface area contributed by atoms with Crippen LogP contribution >= 0.6 is 0 Å². The molecule has 0 amide bonds. The zero-order valence-corrected chi connectivity index (χ0v) is 11.3. The Balaban J connectivity index is 1.88. The number of benzene rings is 1. The molecular formula is C14H21NO4. The number of ether oxygens (including phenoxy) is 2. The quantitative estimate of drug-likeness (QED) is 0.719. The van der Waals surface area contributed by atoms with Crippen molar-refractivity contribution >= 4 is 0 Å². The van der Waals surface area contributed by atoms with E-state index in [0.717, 1.165) is 5.56 Å². The highest BCUT2D eigenvalue weighted by Gasteiger charge is 2.19. The maximum atomic E-state index is 10.1. The van der Waals surface area contributed by atoms with E-state index in [1.54, 1.807) is 12.1 Å². The molecule has 1 aromatic carbocycles. The Hall–Kier alpha value is -1.30. The molecule has 0 saturated carbocycles. The molecule has 106 valence electrons. The van der Waals surface area contributed by atoms with Crippen LogP contribution in [-0.4, -0.2) is 36.7 Å². The monoisotopic (exact) mass is 267 g/mol. The van der Waals surface area contributed by atoms with Crippen LogP contribution < -0.4 is 14.8 Å². The smallest absolute Gasteiger partial charge is 0.231 e. The molecule has 0 saturated heterocycles. The zero-order chi connectivity index (χ0) is 13.9. The molecule has 1 aromatic rings. The lowest BCUT2D eigenvalue weighted by Crippen LogP contribution is -2.34. The van der Waals surface area contributed by atoms with Crippen LogP contribution in [0.15, 0.2) is 18.2 Å². The van der Waals surface area contributed by atoms with Gasteiger partial charge in [0.25, 0.3) is 0 Å². The number of aliphatic hydroxyl groups is 2. The molecule has 0 radical (unpaired) electrons. The Morgan fingerprint density at radius 3 is 2.79 bits per heavy atom. The Labute approximate surface area is 113 Å². The molecular weight excluding hydrogens is 246 g/mol. The predicted molar refractivity (Wildman–Crippen MR) is 71.3 cm³/mol. The fraction of sp³-hybridized carbons (Fsp3) is 0.571. The minimum absolute atomic E-state index is 0.111. The van der Waals surface area contributed by atoms with E-state index < -0.39 is 6.10 Å². The summed E-state index contributed by atoms with van der Waals surface area (Å²) in [6.07, 6.45) is -0.607. The Morgan fingerprint density at radius 2 is 2.05 bits per heavy atom. The van der Waals surface area contributed by atoms with Gasteiger partial charge in [0.15, 0.2) is 11.5 Å². The maximum absolute atomic E-state index is 10.1. The van der Waals surface area contributed by atoms with Crippen molar-refractivity contribution in [3.05, 3.63) is 23.8 Å². The number of hydrogen-bond donors (Lipinski definition) is 3. The summed E-state index contributed by atoms with van der Waals surface area (Å²) in [6, 6.07) is 5.43. The summed E-state index contributed by atoms with van der Waals surface area (Å²) in [4.78, 5) is 0. The van der Waals surface area contributed by atoms with Gasteiger partial charge in [0.2, 0.25) is 6.79 Å². The van der Waals surface area contributed by atoms with Crippen molar-refractivity contribution in [1.29, 1.82) is 0 Å². The topological polar surface area (TPSA) is 71.0 Å². The summed E-state index contributed by atoms with van der Waals surface area (Å²) in [7, 11) is 0. The number of hydrogen-bond acceptors (Lipinski definition) is 5. The summed E-state index contributed by atoms with van der Waals surface area (Å²) in [6.45, 7) is 5.35. The van der Waals surface area contributed by atoms with Crippen LogP contribution in [0.4, 0.5) is 0 Å². The van der Waals surface area contributed by atoms with Gasteiger partial charge in [0, 0.05) is 25.1 Å². The van der Waals surface area contributed by atoms with E-state index in [2.05, 4.69) is 5.32 Å². The number of nitrogens with one attached hydrogen (secondary N) is 1. The second kappa shape index (κ2) is 5.77. The lowest BCUT2D eigenvalue weighted by Gasteiger charge is -2.23. The second-order valence-corrected chi connectivity index (χ2v) is 5.58. The molecule has 0 spiro atoms. The minimum atomic E-state index is -0.607. The van der Waals surface area contributed by atoms with Gasteiger partial charge in [-0.25, -0.2) is 0 Å². The highest BCUT2D eigenvalue weighted by Crippen LogP contribution is 2.34. The van der Waals surface area contributed by atoms with Crippen LogP contribution in [0.5, 0.6) is 11.5 Å². The van der Waals surface area contributed by atoms with Crippen LogP contribution in [0.25, 0.3) is 0 Å². The van der Waals surface area contributed by atoms with Gasteiger partial charge in [0.05, 0.1) is 6.10 Å². The van der Waals surface area contributed by atoms with E-state index >= 15 is 0 Å². The van der Waals surface area contributed by atoms with Crippen LogP contribution in [0, 0.1) is 5.41 Å². The highest BCUT2D eigenvalue weighted by atomic mass is 16.7. The molecule has 1 atom stereocenters. The Kier molecular flexibility index (Phi) is 4.29. The maximum Gasteiger partial charge on any atom is 0.231 e. The summed E-state index contributed by atoms with van der Waals surface area (Å²) in [5.74, 6) is 1.39. The molecule has 1 aliphatic heterocycles. The van der Waals surface area contributed by atoms with E-state index in [0.29, 0.717) is 24.6 Å². The van der Waals surface area contributed by atoms with E-state index in [4.69, 9.17) is 14.6 Å². The average Bonchev–Trinajstić information content (AvgIpc) is 2.85. The first kappa shape index (κ1) is 14.1. The molecule has 5 heteroatoms. The van der Waals surface area contributed by atoms with Crippen molar-refractivity contribution in [3.63, 3.8) is 0 Å². The van der Waals surface area contributed by atoms with Gasteiger partial charge in [-0.2, -0.15) is 0 Å². The Bertz CT molecular complexity index is 433. The number of rotatable bonds is 6. The zero-order valence-electron chi connectivity index (χ0n) is 11.3. The van der Waals surface area contributed by atoms with Crippen molar-refractivity contribution in [3.8, 4) is 11.5 Å². The normalized spacial score (nSPS) is 15.6. The molecule has 19 heavy (non-hydrogen) atoms. The van der Waals surface area contributed by atoms with Crippen LogP contribution in [-0.2, 0) is 0 Å². The molecule has 2 rings (SSSR count). The fourth-order valence-corrected chi connectivity index (χ4v) is 1.84. The number of aliphatic hydroxyl groups excluding tert-OH is 2. The first-order valence-corrected chi connectivity index (χ1v) is 6.41. The SMILES string of the molecule is CC(C)(CO)CNCC(O)c1ccc2c(c1)OCO2. The van der Waals surface area contributed by atoms with E-state index in [9.17, 15) is 5.11 Å². The van der Waals surface area contributed by atoms with Crippen LogP contribution in [0.2, 0.25) is 0 Å². The molecule has 0 aromatic heterocycles. The summed E-state index contributed by atoms with van der Waals surface area (Å²) >= 11 is 0. The summed E-state index contributed by atoms with van der Waals surface area (Å²) in [5, 5.41) is 22.4. The third-order valence-electron chi connectivity index (χ3n) is 3.15. The van der Waals surface area contributed by atoms with Crippen molar-refractivity contribution in [2.75, 3.05) is 26.5 Å². The third-order valence-corrected chi connectivity index (χ3v) is 3.15. The van der Waals surface area contributed by atoms with Gasteiger partial charge in [-0.1, -0.05) is 19.9 Å². The second-order valence-electron chi connectivity index (χ2n) is 5.58. The highest BCUT2D eigenvalue weighted by molar-refractivity contribution is 5.45. The van der Waals surface area contributed by atoms with Gasteiger partial charge in [-0.05, 0) is 17.7 Å². The van der Waals surface area contributed by atoms with Gasteiger partial charge < -0.3 is 25.0 Å². The van der Waals surface area contributed by atoms with E-state index in [-0.39, 0.29) is 18.8 Å². The van der Waals surface area contributed by atoms with E-state index in [1.165, 1.54) is 0 Å². The van der Waals surface area contributed by atoms with Gasteiger partial charge in [-0.15, -0.1) is 0 Å². The first-order chi connectivity index (χ1) is 9.02. The summed E-state index contributed by atoms with van der Waals surface area (Å²) in [5.41, 5.74) is 0.604. The van der Waals surface area contributed by atoms with Gasteiger partial charge >= 0.3 is 0 Å². The lowest BCUT2D eigenvalue weighted by molar-refractivity contribution is 0.138. The minimum Gasteiger partial charge on any atom is -0.454 e. The molecule has 0 aliphatic carbocycles. The molecule has 0 fully saturated rings. The van der Waals surface area contributed by atoms with Gasteiger partial charge in [-0.3, -0.25) is 0 Å². The van der Waals surface area contributed by atoms with Gasteiger partial charge in [0.1, 0.15) is 0 Å². The standard InChI is InChI=1S/C14H21NO4/c1-14(2,8-16)7-15-6-11(17)10-3-4-12-13(5-10)19-9-18-12/h3-5,11,15-17H,6-9H2,1-2H3. The largest absolute Gasteiger partial charge is 0.454 e. The molecule has 3 N–H and O–H groups in total. The average molecular weight is 267 g/mol.